The zero-order chi connectivity index (χ0) is 11.0. The molecule has 82 valence electrons. The standard InChI is InChI=1S/C11H15NO3/c1-7-3-6-9(15-7)10(11(13)14)12(2)8-4-5-8/h3,6,8,10H,4-5H2,1-2H3,(H,13,14). The predicted octanol–water partition coefficient (Wildman–Crippen LogP) is 1.81. The first-order chi connectivity index (χ1) is 7.09. The highest BCUT2D eigenvalue weighted by atomic mass is 16.4. The zero-order valence-electron chi connectivity index (χ0n) is 8.93. The molecule has 1 N–H and O–H groups in total. The highest BCUT2D eigenvalue weighted by Crippen LogP contribution is 2.33. The van der Waals surface area contributed by atoms with Crippen molar-refractivity contribution in [2.75, 3.05) is 7.05 Å². The molecule has 0 saturated heterocycles. The molecule has 1 aliphatic carbocycles. The lowest BCUT2D eigenvalue weighted by molar-refractivity contribution is -0.144. The SMILES string of the molecule is Cc1ccc(C(C(=O)O)N(C)C2CC2)o1. The molecule has 15 heavy (non-hydrogen) atoms. The molecule has 1 saturated carbocycles. The van der Waals surface area contributed by atoms with Gasteiger partial charge in [0.2, 0.25) is 0 Å². The molecule has 1 aliphatic rings. The summed E-state index contributed by atoms with van der Waals surface area (Å²) in [4.78, 5) is 13.1. The van der Waals surface area contributed by atoms with Crippen LogP contribution in [0.15, 0.2) is 16.5 Å². The first kappa shape index (κ1) is 10.2. The Hall–Kier alpha value is -1.29. The molecule has 1 aromatic rings. The second kappa shape index (κ2) is 3.70. The maximum atomic E-state index is 11.2. The lowest BCUT2D eigenvalue weighted by Crippen LogP contribution is -2.32. The van der Waals surface area contributed by atoms with E-state index in [1.54, 1.807) is 12.1 Å². The van der Waals surface area contributed by atoms with Crippen molar-refractivity contribution in [3.8, 4) is 0 Å². The second-order valence-corrected chi connectivity index (χ2v) is 4.09. The second-order valence-electron chi connectivity index (χ2n) is 4.09. The van der Waals surface area contributed by atoms with Crippen LogP contribution < -0.4 is 0 Å². The molecule has 1 atom stereocenters. The Kier molecular flexibility index (Phi) is 2.52. The molecule has 4 nitrogen and oxygen atoms in total. The summed E-state index contributed by atoms with van der Waals surface area (Å²) < 4.78 is 5.38. The van der Waals surface area contributed by atoms with E-state index >= 15 is 0 Å². The lowest BCUT2D eigenvalue weighted by atomic mass is 10.2. The number of hydrogen-bond acceptors (Lipinski definition) is 3. The van der Waals surface area contributed by atoms with Crippen molar-refractivity contribution in [3.63, 3.8) is 0 Å². The molecule has 0 bridgehead atoms. The summed E-state index contributed by atoms with van der Waals surface area (Å²) >= 11 is 0. The smallest absolute Gasteiger partial charge is 0.328 e. The number of aliphatic carboxylic acids is 1. The van der Waals surface area contributed by atoms with Gasteiger partial charge in [0.05, 0.1) is 0 Å². The van der Waals surface area contributed by atoms with Crippen molar-refractivity contribution in [2.24, 2.45) is 0 Å². The number of aryl methyl sites for hydroxylation is 1. The van der Waals surface area contributed by atoms with E-state index in [1.807, 2.05) is 18.9 Å². The maximum Gasteiger partial charge on any atom is 0.328 e. The molecule has 0 radical (unpaired) electrons. The molecule has 2 rings (SSSR count). The van der Waals surface area contributed by atoms with Gasteiger partial charge in [0.25, 0.3) is 0 Å². The molecule has 1 heterocycles. The van der Waals surface area contributed by atoms with Crippen LogP contribution in [0.5, 0.6) is 0 Å². The van der Waals surface area contributed by atoms with Crippen molar-refractivity contribution >= 4 is 5.97 Å². The Morgan fingerprint density at radius 2 is 2.27 bits per heavy atom. The minimum Gasteiger partial charge on any atom is -0.480 e. The van der Waals surface area contributed by atoms with E-state index in [4.69, 9.17) is 4.42 Å². The molecule has 1 fully saturated rings. The molecule has 0 aromatic carbocycles. The summed E-state index contributed by atoms with van der Waals surface area (Å²) in [5.41, 5.74) is 0. The van der Waals surface area contributed by atoms with Crippen molar-refractivity contribution in [1.29, 1.82) is 0 Å². The Bertz CT molecular complexity index is 368. The first-order valence-electron chi connectivity index (χ1n) is 5.10. The summed E-state index contributed by atoms with van der Waals surface area (Å²) in [5.74, 6) is 0.425. The van der Waals surface area contributed by atoms with Gasteiger partial charge in [-0.05, 0) is 38.9 Å². The third-order valence-corrected chi connectivity index (χ3v) is 2.79. The van der Waals surface area contributed by atoms with E-state index in [-0.39, 0.29) is 0 Å². The Labute approximate surface area is 88.5 Å². The maximum absolute atomic E-state index is 11.2. The molecular weight excluding hydrogens is 194 g/mol. The van der Waals surface area contributed by atoms with E-state index in [9.17, 15) is 9.90 Å². The molecule has 4 heteroatoms. The number of carboxylic acid groups (broad SMARTS) is 1. The van der Waals surface area contributed by atoms with Crippen molar-refractivity contribution in [1.82, 2.24) is 4.90 Å². The van der Waals surface area contributed by atoms with Crippen LogP contribution in [0.4, 0.5) is 0 Å². The van der Waals surface area contributed by atoms with Gasteiger partial charge in [-0.15, -0.1) is 0 Å². The molecule has 0 spiro atoms. The van der Waals surface area contributed by atoms with Crippen molar-refractivity contribution in [3.05, 3.63) is 23.7 Å². The summed E-state index contributed by atoms with van der Waals surface area (Å²) in [6, 6.07) is 3.29. The van der Waals surface area contributed by atoms with Gasteiger partial charge in [-0.25, -0.2) is 0 Å². The number of carboxylic acids is 1. The van der Waals surface area contributed by atoms with Crippen LogP contribution >= 0.6 is 0 Å². The van der Waals surface area contributed by atoms with Crippen LogP contribution in [0, 0.1) is 6.92 Å². The van der Waals surface area contributed by atoms with Crippen molar-refractivity contribution in [2.45, 2.75) is 31.8 Å². The van der Waals surface area contributed by atoms with Gasteiger partial charge in [0.15, 0.2) is 6.04 Å². The van der Waals surface area contributed by atoms with E-state index in [2.05, 4.69) is 0 Å². The van der Waals surface area contributed by atoms with Gasteiger partial charge < -0.3 is 9.52 Å². The Morgan fingerprint density at radius 3 is 2.67 bits per heavy atom. The summed E-state index contributed by atoms with van der Waals surface area (Å²) in [6.07, 6.45) is 2.17. The average molecular weight is 209 g/mol. The fraction of sp³-hybridized carbons (Fsp3) is 0.545. The van der Waals surface area contributed by atoms with Crippen LogP contribution in [0.2, 0.25) is 0 Å². The zero-order valence-corrected chi connectivity index (χ0v) is 8.93. The summed E-state index contributed by atoms with van der Waals surface area (Å²) in [6.45, 7) is 1.82. The van der Waals surface area contributed by atoms with E-state index in [1.165, 1.54) is 0 Å². The van der Waals surface area contributed by atoms with Gasteiger partial charge in [0.1, 0.15) is 11.5 Å². The first-order valence-corrected chi connectivity index (χ1v) is 5.10. The fourth-order valence-electron chi connectivity index (χ4n) is 1.79. The monoisotopic (exact) mass is 209 g/mol. The molecule has 0 amide bonds. The van der Waals surface area contributed by atoms with Crippen LogP contribution in [0.25, 0.3) is 0 Å². The lowest BCUT2D eigenvalue weighted by Gasteiger charge is -2.22. The van der Waals surface area contributed by atoms with Crippen molar-refractivity contribution < 1.29 is 14.3 Å². The highest BCUT2D eigenvalue weighted by Gasteiger charge is 2.37. The molecule has 1 unspecified atom stereocenters. The number of likely N-dealkylation sites (N-methyl/N-ethyl adjacent to an activating group) is 1. The van der Waals surface area contributed by atoms with Gasteiger partial charge in [-0.2, -0.15) is 0 Å². The van der Waals surface area contributed by atoms with Gasteiger partial charge >= 0.3 is 5.97 Å². The number of hydrogen-bond donors (Lipinski definition) is 1. The van der Waals surface area contributed by atoms with Crippen LogP contribution in [0.1, 0.15) is 30.4 Å². The number of nitrogens with zero attached hydrogens (tertiary/aromatic N) is 1. The van der Waals surface area contributed by atoms with E-state index in [0.717, 1.165) is 18.6 Å². The van der Waals surface area contributed by atoms with E-state index < -0.39 is 12.0 Å². The third kappa shape index (κ3) is 2.04. The largest absolute Gasteiger partial charge is 0.480 e. The minimum atomic E-state index is -0.848. The quantitative estimate of drug-likeness (QED) is 0.821. The van der Waals surface area contributed by atoms with Crippen LogP contribution in [-0.2, 0) is 4.79 Å². The van der Waals surface area contributed by atoms with E-state index in [0.29, 0.717) is 11.8 Å². The topological polar surface area (TPSA) is 53.7 Å². The fourth-order valence-corrected chi connectivity index (χ4v) is 1.79. The normalized spacial score (nSPS) is 18.1. The summed E-state index contributed by atoms with van der Waals surface area (Å²) in [5, 5.41) is 9.18. The Morgan fingerprint density at radius 1 is 1.60 bits per heavy atom. The number of rotatable bonds is 4. The van der Waals surface area contributed by atoms with Gasteiger partial charge in [-0.1, -0.05) is 0 Å². The molecule has 1 aromatic heterocycles. The molecule has 0 aliphatic heterocycles. The average Bonchev–Trinajstić information content (AvgIpc) is 2.91. The molecular formula is C11H15NO3. The minimum absolute atomic E-state index is 0.400. The van der Waals surface area contributed by atoms with Crippen LogP contribution in [-0.4, -0.2) is 29.1 Å². The summed E-state index contributed by atoms with van der Waals surface area (Å²) in [7, 11) is 1.84. The highest BCUT2D eigenvalue weighted by molar-refractivity contribution is 5.74. The number of carbonyl (C=O) groups is 1. The Balaban J connectivity index is 2.22. The van der Waals surface area contributed by atoms with Gasteiger partial charge in [0, 0.05) is 6.04 Å². The number of furan rings is 1. The van der Waals surface area contributed by atoms with Crippen LogP contribution in [0.3, 0.4) is 0 Å². The predicted molar refractivity (Wildman–Crippen MR) is 54.6 cm³/mol. The third-order valence-electron chi connectivity index (χ3n) is 2.79. The van der Waals surface area contributed by atoms with Gasteiger partial charge in [-0.3, -0.25) is 9.69 Å².